The summed E-state index contributed by atoms with van der Waals surface area (Å²) >= 11 is 1.32. The monoisotopic (exact) mass is 435 g/mol. The van der Waals surface area contributed by atoms with E-state index in [2.05, 4.69) is 23.9 Å². The van der Waals surface area contributed by atoms with Crippen molar-refractivity contribution in [2.45, 2.75) is 27.2 Å². The summed E-state index contributed by atoms with van der Waals surface area (Å²) in [5.74, 6) is 2.48. The number of ether oxygens (including phenoxy) is 2. The molecule has 0 radical (unpaired) electrons. The lowest BCUT2D eigenvalue weighted by Crippen LogP contribution is -2.23. The molecule has 0 bridgehead atoms. The molecule has 0 aliphatic heterocycles. The van der Waals surface area contributed by atoms with Crippen LogP contribution in [-0.2, 0) is 0 Å². The van der Waals surface area contributed by atoms with Crippen LogP contribution in [0, 0.1) is 12.8 Å². The number of nitrogens with zero attached hydrogens (tertiary/aromatic N) is 3. The topological polar surface area (TPSA) is 65.7 Å². The third-order valence-corrected chi connectivity index (χ3v) is 5.89. The highest BCUT2D eigenvalue weighted by Crippen LogP contribution is 2.28. The molecule has 0 saturated heterocycles. The third kappa shape index (κ3) is 4.61. The molecule has 0 fully saturated rings. The lowest BCUT2D eigenvalue weighted by Gasteiger charge is -2.12. The molecule has 6 nitrogen and oxygen atoms in total. The highest BCUT2D eigenvalue weighted by Gasteiger charge is 2.12. The van der Waals surface area contributed by atoms with E-state index < -0.39 is 0 Å². The molecular formula is C24H25N3O3S. The van der Waals surface area contributed by atoms with Crippen molar-refractivity contribution < 1.29 is 9.47 Å². The molecule has 0 aliphatic rings. The molecule has 0 aliphatic carbocycles. The number of thiazole rings is 1. The van der Waals surface area contributed by atoms with Crippen molar-refractivity contribution in [3.05, 3.63) is 68.5 Å². The van der Waals surface area contributed by atoms with Gasteiger partial charge < -0.3 is 9.47 Å². The first-order valence-electron chi connectivity index (χ1n) is 10.2. The van der Waals surface area contributed by atoms with Gasteiger partial charge in [0.05, 0.1) is 18.2 Å². The van der Waals surface area contributed by atoms with Crippen LogP contribution in [0.4, 0.5) is 0 Å². The molecule has 4 aromatic rings. The molecule has 0 unspecified atom stereocenters. The van der Waals surface area contributed by atoms with E-state index in [0.29, 0.717) is 39.3 Å². The number of fused-ring (bicyclic) bond motifs is 1. The molecule has 160 valence electrons. The average Bonchev–Trinajstić information content (AvgIpc) is 3.28. The van der Waals surface area contributed by atoms with Gasteiger partial charge in [-0.25, -0.2) is 0 Å². The minimum absolute atomic E-state index is 0.179. The molecule has 0 saturated carbocycles. The minimum atomic E-state index is -0.179. The van der Waals surface area contributed by atoms with Gasteiger partial charge in [-0.2, -0.15) is 9.50 Å². The van der Waals surface area contributed by atoms with Crippen molar-refractivity contribution in [2.75, 3.05) is 13.7 Å². The van der Waals surface area contributed by atoms with Crippen LogP contribution in [0.15, 0.2) is 47.3 Å². The maximum Gasteiger partial charge on any atom is 0.291 e. The largest absolute Gasteiger partial charge is 0.493 e. The molecule has 4 rings (SSSR count). The molecule has 2 heterocycles. The van der Waals surface area contributed by atoms with Crippen molar-refractivity contribution >= 4 is 22.4 Å². The number of rotatable bonds is 7. The summed E-state index contributed by atoms with van der Waals surface area (Å²) in [7, 11) is 1.61. The van der Waals surface area contributed by atoms with E-state index in [1.54, 1.807) is 7.11 Å². The number of methoxy groups -OCH3 is 1. The SMILES string of the molecule is COc1cc(/C=c2/sc3nc(-c4ccc(C)cc4)nn3c2=O)ccc1OCCC(C)C. The second-order valence-corrected chi connectivity index (χ2v) is 8.86. The zero-order valence-electron chi connectivity index (χ0n) is 18.1. The highest BCUT2D eigenvalue weighted by molar-refractivity contribution is 7.15. The second-order valence-electron chi connectivity index (χ2n) is 7.85. The van der Waals surface area contributed by atoms with Crippen LogP contribution in [0.5, 0.6) is 11.5 Å². The van der Waals surface area contributed by atoms with Gasteiger partial charge in [-0.05, 0) is 43.0 Å². The maximum atomic E-state index is 12.8. The molecule has 31 heavy (non-hydrogen) atoms. The Morgan fingerprint density at radius 2 is 1.90 bits per heavy atom. The Morgan fingerprint density at radius 3 is 2.58 bits per heavy atom. The molecule has 0 N–H and O–H groups in total. The van der Waals surface area contributed by atoms with E-state index in [9.17, 15) is 4.79 Å². The van der Waals surface area contributed by atoms with E-state index in [4.69, 9.17) is 9.47 Å². The van der Waals surface area contributed by atoms with Crippen LogP contribution in [0.2, 0.25) is 0 Å². The Balaban J connectivity index is 1.63. The number of benzene rings is 2. The molecular weight excluding hydrogens is 410 g/mol. The second kappa shape index (κ2) is 8.89. The molecule has 2 aromatic heterocycles. The van der Waals surface area contributed by atoms with Gasteiger partial charge in [0.25, 0.3) is 5.56 Å². The van der Waals surface area contributed by atoms with E-state index in [1.807, 2.05) is 55.5 Å². The van der Waals surface area contributed by atoms with Gasteiger partial charge in [-0.1, -0.05) is 61.1 Å². The van der Waals surface area contributed by atoms with Crippen molar-refractivity contribution in [1.82, 2.24) is 14.6 Å². The predicted molar refractivity (Wildman–Crippen MR) is 124 cm³/mol. The number of aromatic nitrogens is 3. The fourth-order valence-electron chi connectivity index (χ4n) is 3.11. The van der Waals surface area contributed by atoms with E-state index >= 15 is 0 Å². The van der Waals surface area contributed by atoms with Gasteiger partial charge in [0, 0.05) is 5.56 Å². The maximum absolute atomic E-state index is 12.8. The summed E-state index contributed by atoms with van der Waals surface area (Å²) in [6.45, 7) is 6.99. The Bertz CT molecular complexity index is 1310. The van der Waals surface area contributed by atoms with Crippen LogP contribution >= 0.6 is 11.3 Å². The lowest BCUT2D eigenvalue weighted by molar-refractivity contribution is 0.273. The first-order chi connectivity index (χ1) is 14.9. The smallest absolute Gasteiger partial charge is 0.291 e. The van der Waals surface area contributed by atoms with Crippen molar-refractivity contribution in [2.24, 2.45) is 5.92 Å². The van der Waals surface area contributed by atoms with E-state index in [0.717, 1.165) is 23.1 Å². The standard InChI is InChI=1S/C24H25N3O3S/c1-15(2)11-12-30-19-10-7-17(13-20(19)29-4)14-21-23(28)27-24(31-21)25-22(26-27)18-8-5-16(3)6-9-18/h5-10,13-15H,11-12H2,1-4H3/b21-14+. The van der Waals surface area contributed by atoms with E-state index in [-0.39, 0.29) is 5.56 Å². The highest BCUT2D eigenvalue weighted by atomic mass is 32.1. The first-order valence-corrected chi connectivity index (χ1v) is 11.1. The first kappa shape index (κ1) is 21.1. The summed E-state index contributed by atoms with van der Waals surface area (Å²) in [4.78, 5) is 18.0. The van der Waals surface area contributed by atoms with E-state index in [1.165, 1.54) is 15.9 Å². The van der Waals surface area contributed by atoms with Crippen molar-refractivity contribution in [1.29, 1.82) is 0 Å². The van der Waals surface area contributed by atoms with Gasteiger partial charge in [0.2, 0.25) is 4.96 Å². The molecule has 0 spiro atoms. The van der Waals surface area contributed by atoms with Gasteiger partial charge >= 0.3 is 0 Å². The molecule has 7 heteroatoms. The Hall–Kier alpha value is -3.19. The summed E-state index contributed by atoms with van der Waals surface area (Å²) in [5.41, 5.74) is 2.73. The van der Waals surface area contributed by atoms with Crippen LogP contribution in [0.3, 0.4) is 0 Å². The van der Waals surface area contributed by atoms with Crippen LogP contribution in [0.1, 0.15) is 31.4 Å². The quantitative estimate of drug-likeness (QED) is 0.437. The van der Waals surface area contributed by atoms with Crippen LogP contribution in [-0.4, -0.2) is 28.3 Å². The zero-order chi connectivity index (χ0) is 22.0. The summed E-state index contributed by atoms with van der Waals surface area (Å²) in [5, 5.41) is 4.41. The van der Waals surface area contributed by atoms with Gasteiger partial charge in [-0.3, -0.25) is 4.79 Å². The summed E-state index contributed by atoms with van der Waals surface area (Å²) in [6, 6.07) is 13.6. The average molecular weight is 436 g/mol. The summed E-state index contributed by atoms with van der Waals surface area (Å²) in [6.07, 6.45) is 2.80. The van der Waals surface area contributed by atoms with Crippen LogP contribution in [0.25, 0.3) is 22.4 Å². The number of aryl methyl sites for hydroxylation is 1. The predicted octanol–water partition coefficient (Wildman–Crippen LogP) is 4.11. The summed E-state index contributed by atoms with van der Waals surface area (Å²) < 4.78 is 13.3. The van der Waals surface area contributed by atoms with Gasteiger partial charge in [0.15, 0.2) is 17.3 Å². The Kier molecular flexibility index (Phi) is 6.04. The number of hydrogen-bond acceptors (Lipinski definition) is 6. The van der Waals surface area contributed by atoms with Gasteiger partial charge in [-0.15, -0.1) is 5.10 Å². The normalized spacial score (nSPS) is 12.1. The van der Waals surface area contributed by atoms with Gasteiger partial charge in [0.1, 0.15) is 0 Å². The van der Waals surface area contributed by atoms with Crippen molar-refractivity contribution in [3.8, 4) is 22.9 Å². The molecule has 0 atom stereocenters. The number of hydrogen-bond donors (Lipinski definition) is 0. The van der Waals surface area contributed by atoms with Crippen LogP contribution < -0.4 is 19.6 Å². The fraction of sp³-hybridized carbons (Fsp3) is 0.292. The third-order valence-electron chi connectivity index (χ3n) is 4.93. The Labute approximate surface area is 184 Å². The molecule has 2 aromatic carbocycles. The Morgan fingerprint density at radius 1 is 1.13 bits per heavy atom. The lowest BCUT2D eigenvalue weighted by atomic mass is 10.1. The fourth-order valence-corrected chi connectivity index (χ4v) is 4.02. The minimum Gasteiger partial charge on any atom is -0.493 e. The van der Waals surface area contributed by atoms with Crippen molar-refractivity contribution in [3.63, 3.8) is 0 Å². The zero-order valence-corrected chi connectivity index (χ0v) is 18.9. The molecule has 0 amide bonds.